The van der Waals surface area contributed by atoms with Crippen LogP contribution in [0.2, 0.25) is 0 Å². The van der Waals surface area contributed by atoms with Crippen molar-refractivity contribution in [2.24, 2.45) is 0 Å². The molecule has 1 rings (SSSR count). The quantitative estimate of drug-likeness (QED) is 0.733. The summed E-state index contributed by atoms with van der Waals surface area (Å²) in [4.78, 5) is 0. The normalized spacial score (nSPS) is 22.3. The van der Waals surface area contributed by atoms with Gasteiger partial charge in [-0.25, -0.2) is 16.8 Å². The Morgan fingerprint density at radius 3 is 2.33 bits per heavy atom. The van der Waals surface area contributed by atoms with E-state index in [1.807, 2.05) is 0 Å². The van der Waals surface area contributed by atoms with E-state index in [0.29, 0.717) is 13.1 Å². The zero-order valence-corrected chi connectivity index (χ0v) is 12.6. The summed E-state index contributed by atoms with van der Waals surface area (Å²) in [5.74, 6) is 0. The second kappa shape index (κ2) is 6.31. The number of hydrogen-bond donors (Lipinski definition) is 1. The van der Waals surface area contributed by atoms with Crippen LogP contribution in [0.1, 0.15) is 26.2 Å². The Bertz CT molecular complexity index is 452. The number of piperidine rings is 1. The summed E-state index contributed by atoms with van der Waals surface area (Å²) in [5.41, 5.74) is 0. The predicted octanol–water partition coefficient (Wildman–Crippen LogP) is -0.218. The van der Waals surface area contributed by atoms with E-state index in [1.54, 1.807) is 6.92 Å². The number of rotatable bonds is 6. The van der Waals surface area contributed by atoms with Crippen LogP contribution in [-0.2, 0) is 19.9 Å². The maximum absolute atomic E-state index is 12.0. The van der Waals surface area contributed by atoms with E-state index in [0.717, 1.165) is 32.1 Å². The van der Waals surface area contributed by atoms with Crippen molar-refractivity contribution < 1.29 is 16.8 Å². The lowest BCUT2D eigenvalue weighted by Crippen LogP contribution is -2.46. The van der Waals surface area contributed by atoms with Crippen molar-refractivity contribution in [3.8, 4) is 0 Å². The molecule has 6 nitrogen and oxygen atoms in total. The van der Waals surface area contributed by atoms with E-state index < -0.39 is 24.9 Å². The molecule has 1 heterocycles. The average molecular weight is 298 g/mol. The predicted molar refractivity (Wildman–Crippen MR) is 71.5 cm³/mol. The lowest BCUT2D eigenvalue weighted by molar-refractivity contribution is 0.320. The van der Waals surface area contributed by atoms with Crippen LogP contribution in [0.15, 0.2) is 0 Å². The van der Waals surface area contributed by atoms with Gasteiger partial charge in [0.05, 0.1) is 0 Å². The van der Waals surface area contributed by atoms with Gasteiger partial charge in [0.15, 0.2) is 14.9 Å². The summed E-state index contributed by atoms with van der Waals surface area (Å²) >= 11 is 0. The van der Waals surface area contributed by atoms with Gasteiger partial charge in [0.2, 0.25) is 10.0 Å². The van der Waals surface area contributed by atoms with Gasteiger partial charge in [0, 0.05) is 25.4 Å². The highest BCUT2D eigenvalue weighted by Crippen LogP contribution is 2.12. The summed E-state index contributed by atoms with van der Waals surface area (Å²) in [6, 6.07) is 0.132. The molecule has 1 N–H and O–H groups in total. The third-order valence-electron chi connectivity index (χ3n) is 2.95. The number of nitrogens with zero attached hydrogens (tertiary/aromatic N) is 1. The number of hydrogen-bond acceptors (Lipinski definition) is 5. The van der Waals surface area contributed by atoms with Gasteiger partial charge in [-0.2, -0.15) is 4.31 Å². The van der Waals surface area contributed by atoms with Gasteiger partial charge in [-0.15, -0.1) is 0 Å². The fraction of sp³-hybridized carbons (Fsp3) is 1.00. The third-order valence-corrected chi connectivity index (χ3v) is 7.04. The Morgan fingerprint density at radius 2 is 1.89 bits per heavy atom. The van der Waals surface area contributed by atoms with Crippen LogP contribution in [0.25, 0.3) is 0 Å². The molecule has 8 heteroatoms. The van der Waals surface area contributed by atoms with Crippen LogP contribution in [0.3, 0.4) is 0 Å². The Labute approximate surface area is 110 Å². The van der Waals surface area contributed by atoms with Crippen LogP contribution in [0.4, 0.5) is 0 Å². The minimum absolute atomic E-state index is 0.132. The molecule has 1 aliphatic rings. The molecule has 18 heavy (non-hydrogen) atoms. The Kier molecular flexibility index (Phi) is 5.57. The standard InChI is InChI=1S/C10H22N2O4S2/c1-3-12(8-10-6-4-5-7-11-10)18(15,16)9-17(2,13)14/h10-11H,3-9H2,1-2H3. The Morgan fingerprint density at radius 1 is 1.22 bits per heavy atom. The van der Waals surface area contributed by atoms with E-state index in [1.165, 1.54) is 4.31 Å². The van der Waals surface area contributed by atoms with Crippen LogP contribution in [0, 0.1) is 0 Å². The monoisotopic (exact) mass is 298 g/mol. The van der Waals surface area contributed by atoms with Gasteiger partial charge < -0.3 is 5.32 Å². The van der Waals surface area contributed by atoms with Gasteiger partial charge in [-0.05, 0) is 19.4 Å². The second-order valence-corrected chi connectivity index (χ2v) is 9.23. The highest BCUT2D eigenvalue weighted by molar-refractivity contribution is 8.06. The minimum Gasteiger partial charge on any atom is -0.313 e. The van der Waals surface area contributed by atoms with Gasteiger partial charge >= 0.3 is 0 Å². The number of sulfonamides is 1. The molecule has 0 amide bonds. The van der Waals surface area contributed by atoms with E-state index >= 15 is 0 Å². The van der Waals surface area contributed by atoms with Crippen molar-refractivity contribution in [2.75, 3.05) is 31.0 Å². The van der Waals surface area contributed by atoms with Crippen LogP contribution in [0.5, 0.6) is 0 Å². The molecule has 108 valence electrons. The molecule has 1 atom stereocenters. The number of nitrogens with one attached hydrogen (secondary N) is 1. The van der Waals surface area contributed by atoms with E-state index in [4.69, 9.17) is 0 Å². The summed E-state index contributed by atoms with van der Waals surface area (Å²) in [6.07, 6.45) is 4.07. The van der Waals surface area contributed by atoms with Crippen LogP contribution < -0.4 is 5.32 Å². The lowest BCUT2D eigenvalue weighted by Gasteiger charge is -2.29. The molecule has 0 bridgehead atoms. The highest BCUT2D eigenvalue weighted by Gasteiger charge is 2.28. The third kappa shape index (κ3) is 5.21. The van der Waals surface area contributed by atoms with Crippen molar-refractivity contribution in [1.82, 2.24) is 9.62 Å². The summed E-state index contributed by atoms with van der Waals surface area (Å²) in [6.45, 7) is 3.28. The van der Waals surface area contributed by atoms with Crippen molar-refractivity contribution in [3.63, 3.8) is 0 Å². The molecular weight excluding hydrogens is 276 g/mol. The summed E-state index contributed by atoms with van der Waals surface area (Å²) in [7, 11) is -7.25. The molecule has 1 fully saturated rings. The SMILES string of the molecule is CCN(CC1CCCCN1)S(=O)(=O)CS(C)(=O)=O. The molecule has 0 aliphatic carbocycles. The number of sulfone groups is 1. The van der Waals surface area contributed by atoms with Gasteiger partial charge in [0.25, 0.3) is 0 Å². The molecule has 0 aromatic rings. The van der Waals surface area contributed by atoms with Gasteiger partial charge in [-0.3, -0.25) is 0 Å². The molecule has 1 unspecified atom stereocenters. The zero-order chi connectivity index (χ0) is 13.8. The zero-order valence-electron chi connectivity index (χ0n) is 10.9. The molecule has 0 radical (unpaired) electrons. The van der Waals surface area contributed by atoms with Crippen molar-refractivity contribution in [2.45, 2.75) is 32.2 Å². The molecule has 0 aromatic heterocycles. The molecule has 1 saturated heterocycles. The highest BCUT2D eigenvalue weighted by atomic mass is 32.3. The summed E-state index contributed by atoms with van der Waals surface area (Å²) in [5, 5.41) is 2.46. The van der Waals surface area contributed by atoms with Gasteiger partial charge in [0.1, 0.15) is 0 Å². The van der Waals surface area contributed by atoms with Crippen molar-refractivity contribution in [3.05, 3.63) is 0 Å². The first-order valence-electron chi connectivity index (χ1n) is 6.13. The first-order chi connectivity index (χ1) is 8.24. The average Bonchev–Trinajstić information content (AvgIpc) is 2.23. The van der Waals surface area contributed by atoms with E-state index in [-0.39, 0.29) is 6.04 Å². The molecule has 0 saturated carbocycles. The smallest absolute Gasteiger partial charge is 0.228 e. The Balaban J connectivity index is 2.69. The first kappa shape index (κ1) is 15.9. The van der Waals surface area contributed by atoms with E-state index in [2.05, 4.69) is 5.32 Å². The second-order valence-electron chi connectivity index (χ2n) is 4.75. The first-order valence-corrected chi connectivity index (χ1v) is 9.80. The Hall–Kier alpha value is -0.180. The maximum Gasteiger partial charge on any atom is 0.228 e. The fourth-order valence-electron chi connectivity index (χ4n) is 2.11. The molecule has 0 spiro atoms. The largest absolute Gasteiger partial charge is 0.313 e. The van der Waals surface area contributed by atoms with Crippen molar-refractivity contribution >= 4 is 19.9 Å². The van der Waals surface area contributed by atoms with Gasteiger partial charge in [-0.1, -0.05) is 13.3 Å². The topological polar surface area (TPSA) is 83.6 Å². The van der Waals surface area contributed by atoms with Crippen LogP contribution in [-0.4, -0.2) is 58.2 Å². The fourth-order valence-corrected chi connectivity index (χ4v) is 5.67. The number of likely N-dealkylation sites (N-methyl/N-ethyl adjacent to an activating group) is 1. The van der Waals surface area contributed by atoms with E-state index in [9.17, 15) is 16.8 Å². The van der Waals surface area contributed by atoms with Crippen molar-refractivity contribution in [1.29, 1.82) is 0 Å². The minimum atomic E-state index is -3.72. The maximum atomic E-state index is 12.0. The summed E-state index contributed by atoms with van der Waals surface area (Å²) < 4.78 is 47.5. The molecule has 0 aromatic carbocycles. The van der Waals surface area contributed by atoms with Crippen LogP contribution >= 0.6 is 0 Å². The lowest BCUT2D eigenvalue weighted by atomic mass is 10.1. The molecule has 1 aliphatic heterocycles. The molecular formula is C10H22N2O4S2.